The number of primary amides is 2. The molecule has 0 aliphatic rings. The number of nitrogens with two attached hydrogens (primary N) is 2. The number of nitrogens with zero attached hydrogens (tertiary/aromatic N) is 3. The summed E-state index contributed by atoms with van der Waals surface area (Å²) in [5, 5.41) is 6.85. The van der Waals surface area contributed by atoms with Gasteiger partial charge in [0.15, 0.2) is 11.5 Å². The molecule has 2 amide bonds. The first-order chi connectivity index (χ1) is 12.1. The van der Waals surface area contributed by atoms with Crippen LogP contribution in [0.2, 0.25) is 0 Å². The molecule has 1 unspecified atom stereocenters. The number of anilines is 3. The molecule has 0 saturated heterocycles. The number of aryl methyl sites for hydroxylation is 1. The van der Waals surface area contributed by atoms with Crippen molar-refractivity contribution in [2.24, 2.45) is 16.9 Å². The lowest BCUT2D eigenvalue weighted by Gasteiger charge is -2.29. The average Bonchev–Trinajstić information content (AvgIpc) is 3.02. The molecule has 0 bridgehead atoms. The first-order valence-electron chi connectivity index (χ1n) is 8.11. The smallest absolute Gasteiger partial charge is 0.271 e. The van der Waals surface area contributed by atoms with E-state index in [1.807, 2.05) is 19.9 Å². The van der Waals surface area contributed by atoms with Crippen molar-refractivity contribution < 1.29 is 9.59 Å². The molecule has 9 nitrogen and oxygen atoms in total. The summed E-state index contributed by atoms with van der Waals surface area (Å²) in [5.41, 5.74) is 11.0. The molecular weight excluding hydrogens is 354 g/mol. The summed E-state index contributed by atoms with van der Waals surface area (Å²) in [4.78, 5) is 31.7. The van der Waals surface area contributed by atoms with Gasteiger partial charge in [-0.1, -0.05) is 6.92 Å². The van der Waals surface area contributed by atoms with Gasteiger partial charge < -0.3 is 22.1 Å². The predicted octanol–water partition coefficient (Wildman–Crippen LogP) is 1.65. The quantitative estimate of drug-likeness (QED) is 0.546. The van der Waals surface area contributed by atoms with Crippen LogP contribution in [-0.4, -0.2) is 32.2 Å². The number of nitrogens with one attached hydrogen (secondary N) is 2. The Labute approximate surface area is 155 Å². The molecule has 0 fully saturated rings. The number of carbonyl (C=O) groups excluding carboxylic acids is 2. The average molecular weight is 377 g/mol. The van der Waals surface area contributed by atoms with Crippen LogP contribution in [0, 0.1) is 5.41 Å². The molecule has 1 atom stereocenters. The van der Waals surface area contributed by atoms with Gasteiger partial charge in [0, 0.05) is 6.04 Å². The molecule has 140 valence electrons. The molecule has 0 aromatic carbocycles. The van der Waals surface area contributed by atoms with Crippen LogP contribution in [0.4, 0.5) is 16.6 Å². The second-order valence-electron chi connectivity index (χ2n) is 6.43. The van der Waals surface area contributed by atoms with Gasteiger partial charge in [0.25, 0.3) is 5.91 Å². The van der Waals surface area contributed by atoms with Gasteiger partial charge in [0.1, 0.15) is 10.8 Å². The Hall–Kier alpha value is -2.75. The van der Waals surface area contributed by atoms with E-state index < -0.39 is 17.2 Å². The van der Waals surface area contributed by atoms with Crippen LogP contribution in [-0.2, 0) is 11.2 Å². The predicted molar refractivity (Wildman–Crippen MR) is 101 cm³/mol. The van der Waals surface area contributed by atoms with Gasteiger partial charge in [0.2, 0.25) is 5.91 Å². The van der Waals surface area contributed by atoms with Gasteiger partial charge >= 0.3 is 0 Å². The highest BCUT2D eigenvalue weighted by atomic mass is 32.1. The maximum Gasteiger partial charge on any atom is 0.271 e. The van der Waals surface area contributed by atoms with Gasteiger partial charge in [-0.25, -0.2) is 9.97 Å². The van der Waals surface area contributed by atoms with Crippen molar-refractivity contribution in [2.75, 3.05) is 10.6 Å². The highest BCUT2D eigenvalue weighted by molar-refractivity contribution is 7.10. The maximum absolute atomic E-state index is 11.6. The SMILES string of the molecule is CCc1cc(Nc2nc(NC(C)C(C)(C)C(N)=O)cnc2C(N)=O)sn1. The van der Waals surface area contributed by atoms with Crippen molar-refractivity contribution in [2.45, 2.75) is 40.2 Å². The molecule has 0 aliphatic heterocycles. The van der Waals surface area contributed by atoms with Crippen LogP contribution < -0.4 is 22.1 Å². The molecular formula is C16H23N7O2S. The summed E-state index contributed by atoms with van der Waals surface area (Å²) < 4.78 is 4.28. The second kappa shape index (κ2) is 7.65. The van der Waals surface area contributed by atoms with Crippen molar-refractivity contribution in [1.29, 1.82) is 0 Å². The lowest BCUT2D eigenvalue weighted by Crippen LogP contribution is -2.44. The third-order valence-electron chi connectivity index (χ3n) is 4.25. The summed E-state index contributed by atoms with van der Waals surface area (Å²) in [6.07, 6.45) is 2.19. The van der Waals surface area contributed by atoms with E-state index in [-0.39, 0.29) is 17.6 Å². The Balaban J connectivity index is 2.30. The molecule has 2 rings (SSSR count). The zero-order valence-corrected chi connectivity index (χ0v) is 16.0. The maximum atomic E-state index is 11.6. The van der Waals surface area contributed by atoms with Crippen LogP contribution in [0.3, 0.4) is 0 Å². The summed E-state index contributed by atoms with van der Waals surface area (Å²) in [6.45, 7) is 7.29. The fraction of sp³-hybridized carbons (Fsp3) is 0.438. The lowest BCUT2D eigenvalue weighted by atomic mass is 9.85. The monoisotopic (exact) mass is 377 g/mol. The van der Waals surface area contributed by atoms with Gasteiger partial charge in [-0.3, -0.25) is 9.59 Å². The topological polar surface area (TPSA) is 149 Å². The van der Waals surface area contributed by atoms with E-state index in [4.69, 9.17) is 11.5 Å². The fourth-order valence-electron chi connectivity index (χ4n) is 2.00. The van der Waals surface area contributed by atoms with Crippen molar-refractivity contribution in [3.63, 3.8) is 0 Å². The Morgan fingerprint density at radius 2 is 2.04 bits per heavy atom. The lowest BCUT2D eigenvalue weighted by molar-refractivity contribution is -0.126. The van der Waals surface area contributed by atoms with E-state index in [1.54, 1.807) is 13.8 Å². The fourth-order valence-corrected chi connectivity index (χ4v) is 2.72. The number of hydrogen-bond acceptors (Lipinski definition) is 8. The molecule has 0 radical (unpaired) electrons. The molecule has 2 aromatic heterocycles. The number of aromatic nitrogens is 3. The number of carbonyl (C=O) groups is 2. The Morgan fingerprint density at radius 1 is 1.35 bits per heavy atom. The minimum atomic E-state index is -0.800. The molecule has 0 saturated carbocycles. The number of hydrogen-bond donors (Lipinski definition) is 4. The first kappa shape index (κ1) is 19.6. The van der Waals surface area contributed by atoms with E-state index >= 15 is 0 Å². The van der Waals surface area contributed by atoms with Crippen LogP contribution in [0.5, 0.6) is 0 Å². The standard InChI is InChI=1S/C16H23N7O2S/c1-5-9-6-11(26-23-9)22-14-12(13(17)24)19-7-10(21-14)20-8(2)16(3,4)15(18)25/h6-8H,5H2,1-4H3,(H2,17,24)(H2,18,25)(H2,20,21,22). The molecule has 6 N–H and O–H groups in total. The Kier molecular flexibility index (Phi) is 5.76. The van der Waals surface area contributed by atoms with Crippen molar-refractivity contribution >= 4 is 40.0 Å². The van der Waals surface area contributed by atoms with Gasteiger partial charge in [-0.15, -0.1) is 0 Å². The summed E-state index contributed by atoms with van der Waals surface area (Å²) in [5.74, 6) is -0.524. The summed E-state index contributed by atoms with van der Waals surface area (Å²) >= 11 is 1.25. The Bertz CT molecular complexity index is 819. The molecule has 2 heterocycles. The minimum absolute atomic E-state index is 0.0174. The number of rotatable bonds is 8. The van der Waals surface area contributed by atoms with E-state index in [1.165, 1.54) is 17.7 Å². The zero-order chi connectivity index (χ0) is 19.5. The molecule has 0 spiro atoms. The van der Waals surface area contributed by atoms with Crippen LogP contribution >= 0.6 is 11.5 Å². The van der Waals surface area contributed by atoms with E-state index in [0.717, 1.165) is 17.1 Å². The zero-order valence-electron chi connectivity index (χ0n) is 15.2. The van der Waals surface area contributed by atoms with E-state index in [0.29, 0.717) is 5.82 Å². The van der Waals surface area contributed by atoms with Gasteiger partial charge in [-0.2, -0.15) is 4.37 Å². The molecule has 10 heteroatoms. The van der Waals surface area contributed by atoms with Crippen molar-refractivity contribution in [3.05, 3.63) is 23.7 Å². The first-order valence-corrected chi connectivity index (χ1v) is 8.88. The largest absolute Gasteiger partial charge is 0.369 e. The summed E-state index contributed by atoms with van der Waals surface area (Å²) in [6, 6.07) is 1.56. The van der Waals surface area contributed by atoms with E-state index in [9.17, 15) is 9.59 Å². The van der Waals surface area contributed by atoms with Crippen LogP contribution in [0.15, 0.2) is 12.3 Å². The molecule has 2 aromatic rings. The molecule has 0 aliphatic carbocycles. The second-order valence-corrected chi connectivity index (χ2v) is 7.23. The van der Waals surface area contributed by atoms with E-state index in [2.05, 4.69) is 25.0 Å². The third kappa shape index (κ3) is 4.26. The summed E-state index contributed by atoms with van der Waals surface area (Å²) in [7, 11) is 0. The minimum Gasteiger partial charge on any atom is -0.369 e. The van der Waals surface area contributed by atoms with Crippen molar-refractivity contribution in [3.8, 4) is 0 Å². The van der Waals surface area contributed by atoms with Gasteiger partial charge in [0.05, 0.1) is 17.3 Å². The third-order valence-corrected chi connectivity index (χ3v) is 4.99. The van der Waals surface area contributed by atoms with Crippen molar-refractivity contribution in [1.82, 2.24) is 14.3 Å². The molecule has 26 heavy (non-hydrogen) atoms. The van der Waals surface area contributed by atoms with Crippen LogP contribution in [0.25, 0.3) is 0 Å². The Morgan fingerprint density at radius 3 is 2.58 bits per heavy atom. The highest BCUT2D eigenvalue weighted by Gasteiger charge is 2.32. The number of amides is 2. The normalized spacial score (nSPS) is 12.5. The van der Waals surface area contributed by atoms with Crippen LogP contribution in [0.1, 0.15) is 43.9 Å². The highest BCUT2D eigenvalue weighted by Crippen LogP contribution is 2.26. The van der Waals surface area contributed by atoms with Gasteiger partial charge in [-0.05, 0) is 44.8 Å².